The second-order valence-electron chi connectivity index (χ2n) is 6.32. The number of benzene rings is 1. The van der Waals surface area contributed by atoms with Gasteiger partial charge in [-0.3, -0.25) is 24.3 Å². The second kappa shape index (κ2) is 8.46. The van der Waals surface area contributed by atoms with E-state index in [2.05, 4.69) is 10.4 Å². The van der Waals surface area contributed by atoms with Crippen LogP contribution >= 0.6 is 0 Å². The molecule has 26 heavy (non-hydrogen) atoms. The normalized spacial score (nSPS) is 10.9. The van der Waals surface area contributed by atoms with Gasteiger partial charge in [0.1, 0.15) is 0 Å². The third kappa shape index (κ3) is 4.59. The van der Waals surface area contributed by atoms with Crippen molar-refractivity contribution in [3.8, 4) is 0 Å². The third-order valence-corrected chi connectivity index (χ3v) is 3.95. The molecule has 8 heteroatoms. The van der Waals surface area contributed by atoms with E-state index in [1.807, 2.05) is 13.8 Å². The lowest BCUT2D eigenvalue weighted by molar-refractivity contribution is -0.136. The molecular formula is C18H24N4O4. The summed E-state index contributed by atoms with van der Waals surface area (Å²) < 4.78 is 1.14. The van der Waals surface area contributed by atoms with Crippen molar-refractivity contribution < 1.29 is 9.59 Å². The molecule has 1 heterocycles. The molecule has 2 aromatic rings. The minimum Gasteiger partial charge on any atom is -0.352 e. The lowest BCUT2D eigenvalue weighted by Gasteiger charge is -2.21. The monoisotopic (exact) mass is 360 g/mol. The third-order valence-electron chi connectivity index (χ3n) is 3.95. The summed E-state index contributed by atoms with van der Waals surface area (Å²) in [6.45, 7) is 5.87. The maximum atomic E-state index is 12.4. The van der Waals surface area contributed by atoms with E-state index in [9.17, 15) is 19.2 Å². The summed E-state index contributed by atoms with van der Waals surface area (Å²) in [5.74, 6) is -0.487. The zero-order valence-corrected chi connectivity index (χ0v) is 15.2. The van der Waals surface area contributed by atoms with Crippen LogP contribution < -0.4 is 16.4 Å². The Bertz CT molecular complexity index is 913. The van der Waals surface area contributed by atoms with Crippen LogP contribution in [0.1, 0.15) is 27.2 Å². The average molecular weight is 360 g/mol. The van der Waals surface area contributed by atoms with Gasteiger partial charge in [0, 0.05) is 19.0 Å². The number of likely N-dealkylation sites (N-methyl/N-ethyl adjacent to an activating group) is 1. The number of hydrogen-bond acceptors (Lipinski definition) is 4. The Labute approximate surface area is 150 Å². The number of rotatable bonds is 7. The van der Waals surface area contributed by atoms with Gasteiger partial charge in [-0.1, -0.05) is 12.1 Å². The van der Waals surface area contributed by atoms with Crippen LogP contribution in [0.3, 0.4) is 0 Å². The number of aryl methyl sites for hydroxylation is 1. The highest BCUT2D eigenvalue weighted by Crippen LogP contribution is 2.03. The van der Waals surface area contributed by atoms with Crippen LogP contribution in [0.4, 0.5) is 0 Å². The molecule has 0 fully saturated rings. The summed E-state index contributed by atoms with van der Waals surface area (Å²) in [6.07, 6.45) is 0.0109. The molecule has 0 aliphatic heterocycles. The van der Waals surface area contributed by atoms with E-state index >= 15 is 0 Å². The van der Waals surface area contributed by atoms with Crippen LogP contribution in [0.2, 0.25) is 0 Å². The van der Waals surface area contributed by atoms with Gasteiger partial charge in [-0.05, 0) is 32.9 Å². The van der Waals surface area contributed by atoms with E-state index in [0.717, 1.165) is 4.68 Å². The van der Waals surface area contributed by atoms with Crippen LogP contribution in [-0.4, -0.2) is 45.6 Å². The molecule has 0 atom stereocenters. The molecule has 2 amide bonds. The number of hydrogen-bond donors (Lipinski definition) is 2. The largest absolute Gasteiger partial charge is 0.352 e. The Morgan fingerprint density at radius 1 is 1.19 bits per heavy atom. The van der Waals surface area contributed by atoms with Crippen molar-refractivity contribution in [3.63, 3.8) is 0 Å². The highest BCUT2D eigenvalue weighted by molar-refractivity contribution is 5.85. The van der Waals surface area contributed by atoms with Crippen LogP contribution in [0.25, 0.3) is 10.8 Å². The second-order valence-corrected chi connectivity index (χ2v) is 6.32. The lowest BCUT2D eigenvalue weighted by atomic mass is 10.2. The van der Waals surface area contributed by atoms with Gasteiger partial charge in [0.05, 0.1) is 23.9 Å². The molecule has 1 aromatic carbocycles. The molecule has 140 valence electrons. The van der Waals surface area contributed by atoms with Crippen molar-refractivity contribution in [1.29, 1.82) is 0 Å². The zero-order valence-electron chi connectivity index (χ0n) is 15.2. The van der Waals surface area contributed by atoms with Crippen molar-refractivity contribution in [1.82, 2.24) is 20.0 Å². The van der Waals surface area contributed by atoms with Crippen molar-refractivity contribution in [3.05, 3.63) is 45.0 Å². The number of H-pyrrole nitrogens is 1. The zero-order chi connectivity index (χ0) is 19.3. The molecule has 0 unspecified atom stereocenters. The fraction of sp³-hybridized carbons (Fsp3) is 0.444. The summed E-state index contributed by atoms with van der Waals surface area (Å²) in [5, 5.41) is 5.87. The summed E-state index contributed by atoms with van der Waals surface area (Å²) in [5.41, 5.74) is -0.732. The lowest BCUT2D eigenvalue weighted by Crippen LogP contribution is -2.43. The van der Waals surface area contributed by atoms with E-state index in [4.69, 9.17) is 0 Å². The van der Waals surface area contributed by atoms with E-state index < -0.39 is 0 Å². The fourth-order valence-corrected chi connectivity index (χ4v) is 2.69. The molecule has 0 aliphatic carbocycles. The maximum absolute atomic E-state index is 12.4. The Balaban J connectivity index is 2.10. The minimum atomic E-state index is -0.378. The first-order valence-corrected chi connectivity index (χ1v) is 8.62. The van der Waals surface area contributed by atoms with E-state index in [1.165, 1.54) is 4.90 Å². The number of aromatic nitrogens is 2. The van der Waals surface area contributed by atoms with E-state index in [-0.39, 0.29) is 48.5 Å². The van der Waals surface area contributed by atoms with Crippen molar-refractivity contribution in [2.45, 2.75) is 39.8 Å². The first-order valence-electron chi connectivity index (χ1n) is 8.62. The molecule has 0 saturated heterocycles. The summed E-state index contributed by atoms with van der Waals surface area (Å²) in [4.78, 5) is 50.1. The van der Waals surface area contributed by atoms with Crippen LogP contribution in [0.5, 0.6) is 0 Å². The van der Waals surface area contributed by atoms with Crippen LogP contribution in [0.15, 0.2) is 33.9 Å². The van der Waals surface area contributed by atoms with Gasteiger partial charge in [-0.15, -0.1) is 0 Å². The van der Waals surface area contributed by atoms with Crippen LogP contribution in [-0.2, 0) is 16.1 Å². The number of carbonyl (C=O) groups is 2. The molecular weight excluding hydrogens is 336 g/mol. The Morgan fingerprint density at radius 2 is 1.85 bits per heavy atom. The van der Waals surface area contributed by atoms with Crippen LogP contribution in [0, 0.1) is 0 Å². The number of nitrogens with one attached hydrogen (secondary N) is 2. The topological polar surface area (TPSA) is 104 Å². The fourth-order valence-electron chi connectivity index (χ4n) is 2.69. The molecule has 0 spiro atoms. The maximum Gasteiger partial charge on any atom is 0.273 e. The average Bonchev–Trinajstić information content (AvgIpc) is 2.60. The number of fused-ring (bicyclic) bond motifs is 1. The SMILES string of the molecule is CCN(CC(=O)NC(C)C)C(=O)CCn1[nH]c(=O)c2ccccc2c1=O. The summed E-state index contributed by atoms with van der Waals surface area (Å²) >= 11 is 0. The van der Waals surface area contributed by atoms with Gasteiger partial charge in [0.25, 0.3) is 11.1 Å². The molecule has 8 nitrogen and oxygen atoms in total. The van der Waals surface area contributed by atoms with Crippen molar-refractivity contribution >= 4 is 22.6 Å². The van der Waals surface area contributed by atoms with Crippen molar-refractivity contribution in [2.75, 3.05) is 13.1 Å². The van der Waals surface area contributed by atoms with E-state index in [1.54, 1.807) is 31.2 Å². The molecule has 0 radical (unpaired) electrons. The van der Waals surface area contributed by atoms with E-state index in [0.29, 0.717) is 17.3 Å². The highest BCUT2D eigenvalue weighted by atomic mass is 16.2. The number of aromatic amines is 1. The Kier molecular flexibility index (Phi) is 6.32. The predicted molar refractivity (Wildman–Crippen MR) is 99.0 cm³/mol. The molecule has 0 aliphatic rings. The Morgan fingerprint density at radius 3 is 2.46 bits per heavy atom. The number of amides is 2. The molecule has 0 saturated carbocycles. The highest BCUT2D eigenvalue weighted by Gasteiger charge is 2.16. The Hall–Kier alpha value is -2.90. The van der Waals surface area contributed by atoms with Gasteiger partial charge in [-0.2, -0.15) is 0 Å². The predicted octanol–water partition coefficient (Wildman–Crippen LogP) is 0.453. The van der Waals surface area contributed by atoms with Gasteiger partial charge in [0.15, 0.2) is 0 Å². The molecule has 1 aromatic heterocycles. The quantitative estimate of drug-likeness (QED) is 0.748. The first-order chi connectivity index (χ1) is 12.3. The summed E-state index contributed by atoms with van der Waals surface area (Å²) in [6, 6.07) is 6.53. The van der Waals surface area contributed by atoms with Gasteiger partial charge < -0.3 is 10.2 Å². The minimum absolute atomic E-state index is 0.00226. The summed E-state index contributed by atoms with van der Waals surface area (Å²) in [7, 11) is 0. The standard InChI is InChI=1S/C18H24N4O4/c1-4-21(11-15(23)19-12(2)3)16(24)9-10-22-18(26)14-8-6-5-7-13(14)17(25)20-22/h5-8,12H,4,9-11H2,1-3H3,(H,19,23)(H,20,25). The number of nitrogens with zero attached hydrogens (tertiary/aromatic N) is 2. The van der Waals surface area contributed by atoms with Gasteiger partial charge in [-0.25, -0.2) is 4.68 Å². The number of carbonyl (C=O) groups excluding carboxylic acids is 2. The van der Waals surface area contributed by atoms with Gasteiger partial charge in [0.2, 0.25) is 11.8 Å². The molecule has 2 N–H and O–H groups in total. The van der Waals surface area contributed by atoms with Gasteiger partial charge >= 0.3 is 0 Å². The smallest absolute Gasteiger partial charge is 0.273 e. The first kappa shape index (κ1) is 19.4. The van der Waals surface area contributed by atoms with Crippen molar-refractivity contribution in [2.24, 2.45) is 0 Å². The molecule has 2 rings (SSSR count). The molecule has 0 bridgehead atoms.